The molecule has 0 aliphatic carbocycles. The van der Waals surface area contributed by atoms with Crippen LogP contribution in [0.5, 0.6) is 0 Å². The lowest BCUT2D eigenvalue weighted by Gasteiger charge is -2.22. The summed E-state index contributed by atoms with van der Waals surface area (Å²) in [6.45, 7) is 1.48. The highest BCUT2D eigenvalue weighted by molar-refractivity contribution is 6.35. The zero-order chi connectivity index (χ0) is 17.4. The highest BCUT2D eigenvalue weighted by atomic mass is 35.5. The molecule has 7 heteroatoms. The number of carbonyl (C=O) groups is 3. The van der Waals surface area contributed by atoms with E-state index < -0.39 is 23.8 Å². The van der Waals surface area contributed by atoms with Crippen LogP contribution in [0.4, 0.5) is 5.69 Å². The van der Waals surface area contributed by atoms with Gasteiger partial charge in [-0.15, -0.1) is 0 Å². The predicted molar refractivity (Wildman–Crippen MR) is 91.5 cm³/mol. The van der Waals surface area contributed by atoms with Crippen molar-refractivity contribution in [1.82, 2.24) is 4.90 Å². The summed E-state index contributed by atoms with van der Waals surface area (Å²) < 4.78 is 0. The van der Waals surface area contributed by atoms with Gasteiger partial charge >= 0.3 is 0 Å². The molecular weight excluding hydrogens is 351 g/mol. The van der Waals surface area contributed by atoms with Crippen LogP contribution in [-0.4, -0.2) is 28.7 Å². The van der Waals surface area contributed by atoms with Crippen LogP contribution in [0.1, 0.15) is 27.6 Å². The molecule has 3 amide bonds. The molecule has 1 N–H and O–H groups in total. The van der Waals surface area contributed by atoms with E-state index in [9.17, 15) is 14.4 Å². The maximum absolute atomic E-state index is 12.4. The number of rotatable bonds is 3. The summed E-state index contributed by atoms with van der Waals surface area (Å²) >= 11 is 11.9. The quantitative estimate of drug-likeness (QED) is 0.848. The average Bonchev–Trinajstić information content (AvgIpc) is 2.82. The van der Waals surface area contributed by atoms with Crippen LogP contribution < -0.4 is 5.32 Å². The maximum atomic E-state index is 12.4. The van der Waals surface area contributed by atoms with Crippen molar-refractivity contribution in [1.29, 1.82) is 0 Å². The molecule has 1 aliphatic heterocycles. The van der Waals surface area contributed by atoms with E-state index in [1.165, 1.54) is 13.0 Å². The van der Waals surface area contributed by atoms with Gasteiger partial charge in [0, 0.05) is 5.02 Å². The molecule has 1 heterocycles. The Labute approximate surface area is 148 Å². The van der Waals surface area contributed by atoms with Crippen molar-refractivity contribution < 1.29 is 14.4 Å². The second-order valence-corrected chi connectivity index (χ2v) is 6.16. The molecule has 122 valence electrons. The third-order valence-electron chi connectivity index (χ3n) is 3.78. The molecule has 0 spiro atoms. The van der Waals surface area contributed by atoms with Crippen molar-refractivity contribution >= 4 is 46.6 Å². The van der Waals surface area contributed by atoms with Gasteiger partial charge in [-0.2, -0.15) is 0 Å². The van der Waals surface area contributed by atoms with Crippen LogP contribution in [0.15, 0.2) is 42.5 Å². The average molecular weight is 363 g/mol. The Kier molecular flexibility index (Phi) is 4.30. The molecule has 0 saturated heterocycles. The van der Waals surface area contributed by atoms with Gasteiger partial charge in [-0.1, -0.05) is 35.3 Å². The number of hydrogen-bond donors (Lipinski definition) is 1. The van der Waals surface area contributed by atoms with Crippen molar-refractivity contribution in [2.45, 2.75) is 13.0 Å². The molecule has 2 aromatic carbocycles. The maximum Gasteiger partial charge on any atom is 0.262 e. The fourth-order valence-electron chi connectivity index (χ4n) is 2.51. The van der Waals surface area contributed by atoms with Gasteiger partial charge in [0.1, 0.15) is 6.04 Å². The summed E-state index contributed by atoms with van der Waals surface area (Å²) in [5, 5.41) is 3.31. The molecule has 0 saturated carbocycles. The number of imide groups is 1. The lowest BCUT2D eigenvalue weighted by molar-refractivity contribution is -0.119. The van der Waals surface area contributed by atoms with Gasteiger partial charge in [0.25, 0.3) is 11.8 Å². The van der Waals surface area contributed by atoms with Crippen LogP contribution in [0.25, 0.3) is 0 Å². The van der Waals surface area contributed by atoms with Gasteiger partial charge in [0.15, 0.2) is 0 Å². The first kappa shape index (κ1) is 16.5. The zero-order valence-corrected chi connectivity index (χ0v) is 14.1. The molecule has 1 aliphatic rings. The number of halogens is 2. The highest BCUT2D eigenvalue weighted by Crippen LogP contribution is 2.27. The number of nitrogens with zero attached hydrogens (tertiary/aromatic N) is 1. The summed E-state index contributed by atoms with van der Waals surface area (Å²) in [7, 11) is 0. The summed E-state index contributed by atoms with van der Waals surface area (Å²) in [6, 6.07) is 10.1. The molecular formula is C17H12Cl2N2O3. The number of carbonyl (C=O) groups excluding carboxylic acids is 3. The molecule has 0 fully saturated rings. The van der Waals surface area contributed by atoms with Crippen LogP contribution in [0.2, 0.25) is 10.0 Å². The fraction of sp³-hybridized carbons (Fsp3) is 0.118. The second kappa shape index (κ2) is 6.26. The van der Waals surface area contributed by atoms with E-state index in [1.54, 1.807) is 36.4 Å². The van der Waals surface area contributed by atoms with Gasteiger partial charge in [-0.25, -0.2) is 0 Å². The standard InChI is InChI=1S/C17H12Cl2N2O3/c1-9(15(22)20-14-8-10(18)6-7-13(14)19)21-16(23)11-4-2-3-5-12(11)17(21)24/h2-9H,1H3,(H,20,22)/t9-/m1/s1. The SMILES string of the molecule is C[C@H](C(=O)Nc1cc(Cl)ccc1Cl)N1C(=O)c2ccccc2C1=O. The number of hydrogen-bond acceptors (Lipinski definition) is 3. The summed E-state index contributed by atoms with van der Waals surface area (Å²) in [6.07, 6.45) is 0. The van der Waals surface area contributed by atoms with Crippen molar-refractivity contribution in [2.24, 2.45) is 0 Å². The number of anilines is 1. The molecule has 5 nitrogen and oxygen atoms in total. The third-order valence-corrected chi connectivity index (χ3v) is 4.34. The monoisotopic (exact) mass is 362 g/mol. The number of benzene rings is 2. The van der Waals surface area contributed by atoms with Crippen molar-refractivity contribution in [3.05, 3.63) is 63.6 Å². The van der Waals surface area contributed by atoms with Crippen LogP contribution >= 0.6 is 23.2 Å². The van der Waals surface area contributed by atoms with Crippen molar-refractivity contribution in [3.63, 3.8) is 0 Å². The molecule has 1 atom stereocenters. The van der Waals surface area contributed by atoms with E-state index in [4.69, 9.17) is 23.2 Å². The molecule has 0 radical (unpaired) electrons. The Morgan fingerprint density at radius 2 is 1.62 bits per heavy atom. The normalized spacial score (nSPS) is 14.5. The molecule has 0 aromatic heterocycles. The Balaban J connectivity index is 1.83. The van der Waals surface area contributed by atoms with Crippen LogP contribution in [-0.2, 0) is 4.79 Å². The second-order valence-electron chi connectivity index (χ2n) is 5.32. The molecule has 2 aromatic rings. The number of amides is 3. The first-order valence-corrected chi connectivity index (χ1v) is 7.88. The van der Waals surface area contributed by atoms with E-state index in [2.05, 4.69) is 5.32 Å². The first-order valence-electron chi connectivity index (χ1n) is 7.13. The Morgan fingerprint density at radius 1 is 1.04 bits per heavy atom. The van der Waals surface area contributed by atoms with E-state index in [1.807, 2.05) is 0 Å². The Morgan fingerprint density at radius 3 is 2.21 bits per heavy atom. The fourth-order valence-corrected chi connectivity index (χ4v) is 2.84. The van der Waals surface area contributed by atoms with Gasteiger partial charge < -0.3 is 5.32 Å². The van der Waals surface area contributed by atoms with E-state index >= 15 is 0 Å². The van der Waals surface area contributed by atoms with Crippen molar-refractivity contribution in [2.75, 3.05) is 5.32 Å². The topological polar surface area (TPSA) is 66.5 Å². The lowest BCUT2D eigenvalue weighted by Crippen LogP contribution is -2.45. The van der Waals surface area contributed by atoms with E-state index in [-0.39, 0.29) is 0 Å². The third kappa shape index (κ3) is 2.77. The zero-order valence-electron chi connectivity index (χ0n) is 12.5. The van der Waals surface area contributed by atoms with Crippen LogP contribution in [0.3, 0.4) is 0 Å². The smallest absolute Gasteiger partial charge is 0.262 e. The molecule has 0 bridgehead atoms. The van der Waals surface area contributed by atoms with E-state index in [0.717, 1.165) is 4.90 Å². The number of nitrogens with one attached hydrogen (secondary N) is 1. The minimum absolute atomic E-state index is 0.294. The summed E-state index contributed by atoms with van der Waals surface area (Å²) in [5.41, 5.74) is 0.906. The minimum atomic E-state index is -0.993. The van der Waals surface area contributed by atoms with E-state index in [0.29, 0.717) is 26.9 Å². The summed E-state index contributed by atoms with van der Waals surface area (Å²) in [5.74, 6) is -1.51. The molecule has 0 unspecified atom stereocenters. The van der Waals surface area contributed by atoms with Crippen molar-refractivity contribution in [3.8, 4) is 0 Å². The molecule has 3 rings (SSSR count). The minimum Gasteiger partial charge on any atom is -0.323 e. The number of fused-ring (bicyclic) bond motifs is 1. The van der Waals surface area contributed by atoms with Gasteiger partial charge in [-0.3, -0.25) is 19.3 Å². The predicted octanol–water partition coefficient (Wildman–Crippen LogP) is 3.62. The Hall–Kier alpha value is -2.37. The first-order chi connectivity index (χ1) is 11.4. The summed E-state index contributed by atoms with van der Waals surface area (Å²) in [4.78, 5) is 38.2. The molecule has 24 heavy (non-hydrogen) atoms. The Bertz CT molecular complexity index is 832. The van der Waals surface area contributed by atoms with Gasteiger partial charge in [0.2, 0.25) is 5.91 Å². The lowest BCUT2D eigenvalue weighted by atomic mass is 10.1. The van der Waals surface area contributed by atoms with Crippen LogP contribution in [0, 0.1) is 0 Å². The largest absolute Gasteiger partial charge is 0.323 e. The highest BCUT2D eigenvalue weighted by Gasteiger charge is 2.40. The van der Waals surface area contributed by atoms with Gasteiger partial charge in [0.05, 0.1) is 21.8 Å². The van der Waals surface area contributed by atoms with Gasteiger partial charge in [-0.05, 0) is 37.3 Å².